The lowest BCUT2D eigenvalue weighted by atomic mass is 9.67. The van der Waals surface area contributed by atoms with Crippen molar-refractivity contribution in [1.29, 1.82) is 0 Å². The highest BCUT2D eigenvalue weighted by atomic mass is 35.5. The number of nitrogens with one attached hydrogen (secondary N) is 1. The smallest absolute Gasteiger partial charge is 0.272 e. The number of carbonyl (C=O) groups excluding carboxylic acids is 3. The number of rotatable bonds is 4. The van der Waals surface area contributed by atoms with Crippen LogP contribution in [-0.2, 0) is 4.79 Å². The molecular formula is C22H24ClF2N5O3. The second-order valence-electron chi connectivity index (χ2n) is 8.58. The van der Waals surface area contributed by atoms with E-state index in [9.17, 15) is 23.2 Å². The summed E-state index contributed by atoms with van der Waals surface area (Å²) in [6.45, 7) is 0.373. The Kier molecular flexibility index (Phi) is 6.13. The van der Waals surface area contributed by atoms with Gasteiger partial charge in [-0.05, 0) is 44.6 Å². The summed E-state index contributed by atoms with van der Waals surface area (Å²) in [5.74, 6) is -3.54. The zero-order valence-corrected chi connectivity index (χ0v) is 18.8. The second-order valence-corrected chi connectivity index (χ2v) is 8.99. The molecule has 0 radical (unpaired) electrons. The van der Waals surface area contributed by atoms with E-state index in [2.05, 4.69) is 10.3 Å². The van der Waals surface area contributed by atoms with Gasteiger partial charge in [0.2, 0.25) is 5.91 Å². The quantitative estimate of drug-likeness (QED) is 0.656. The van der Waals surface area contributed by atoms with Crippen molar-refractivity contribution < 1.29 is 23.2 Å². The number of hydrogen-bond donors (Lipinski definition) is 2. The standard InChI is InChI=1S/C22H24ClF2N5O3/c1-27-20(32)17-18(19(26)31)30(11-28-17)12-3-6-22(7-4-12)5-2-8-29(21(22)33)16-10-15(25)14(24)9-13(16)23/h9-12H,2-8H2,1H3,(H2,26,31)(H,27,32). The van der Waals surface area contributed by atoms with Gasteiger partial charge in [0.25, 0.3) is 11.8 Å². The zero-order valence-electron chi connectivity index (χ0n) is 18.0. The van der Waals surface area contributed by atoms with Crippen LogP contribution in [0.3, 0.4) is 0 Å². The number of anilines is 1. The van der Waals surface area contributed by atoms with Gasteiger partial charge in [-0.3, -0.25) is 14.4 Å². The number of amides is 3. The first-order valence-electron chi connectivity index (χ1n) is 10.7. The Morgan fingerprint density at radius 1 is 1.21 bits per heavy atom. The highest BCUT2D eigenvalue weighted by Crippen LogP contribution is 2.49. The van der Waals surface area contributed by atoms with E-state index in [-0.39, 0.29) is 34.0 Å². The summed E-state index contributed by atoms with van der Waals surface area (Å²) in [4.78, 5) is 43.1. The molecule has 0 unspecified atom stereocenters. The molecular weight excluding hydrogens is 456 g/mol. The SMILES string of the molecule is CNC(=O)c1ncn(C2CCC3(CCCN(c4cc(F)c(F)cc4Cl)C3=O)CC2)c1C(N)=O. The van der Waals surface area contributed by atoms with Crippen LogP contribution in [0.5, 0.6) is 0 Å². The number of imidazole rings is 1. The average molecular weight is 480 g/mol. The highest BCUT2D eigenvalue weighted by molar-refractivity contribution is 6.33. The van der Waals surface area contributed by atoms with Crippen molar-refractivity contribution in [2.45, 2.75) is 44.6 Å². The van der Waals surface area contributed by atoms with Gasteiger partial charge < -0.3 is 20.5 Å². The van der Waals surface area contributed by atoms with E-state index >= 15 is 0 Å². The van der Waals surface area contributed by atoms with Crippen LogP contribution in [0.25, 0.3) is 0 Å². The molecule has 33 heavy (non-hydrogen) atoms. The number of nitrogens with two attached hydrogens (primary N) is 1. The summed E-state index contributed by atoms with van der Waals surface area (Å²) in [6.07, 6.45) is 4.99. The van der Waals surface area contributed by atoms with Gasteiger partial charge in [0.05, 0.1) is 17.0 Å². The van der Waals surface area contributed by atoms with E-state index in [1.807, 2.05) is 0 Å². The Hall–Kier alpha value is -3.01. The minimum atomic E-state index is -1.06. The van der Waals surface area contributed by atoms with Crippen molar-refractivity contribution in [2.75, 3.05) is 18.5 Å². The van der Waals surface area contributed by atoms with Crippen molar-refractivity contribution >= 4 is 35.0 Å². The predicted octanol–water partition coefficient (Wildman–Crippen LogP) is 3.20. The Morgan fingerprint density at radius 2 is 1.88 bits per heavy atom. The van der Waals surface area contributed by atoms with Gasteiger partial charge in [-0.2, -0.15) is 0 Å². The summed E-state index contributed by atoms with van der Waals surface area (Å²) >= 11 is 6.13. The molecule has 1 aliphatic heterocycles. The van der Waals surface area contributed by atoms with Gasteiger partial charge in [-0.25, -0.2) is 13.8 Å². The minimum Gasteiger partial charge on any atom is -0.364 e. The van der Waals surface area contributed by atoms with Crippen LogP contribution in [0.2, 0.25) is 5.02 Å². The number of piperidine rings is 1. The molecule has 0 bridgehead atoms. The van der Waals surface area contributed by atoms with E-state index in [0.29, 0.717) is 45.1 Å². The first-order chi connectivity index (χ1) is 15.7. The van der Waals surface area contributed by atoms with Gasteiger partial charge in [0.1, 0.15) is 5.69 Å². The molecule has 1 aromatic heterocycles. The maximum atomic E-state index is 13.9. The number of aromatic nitrogens is 2. The summed E-state index contributed by atoms with van der Waals surface area (Å²) in [5.41, 5.74) is 5.06. The molecule has 2 aliphatic rings. The molecule has 3 N–H and O–H groups in total. The highest BCUT2D eigenvalue weighted by Gasteiger charge is 2.47. The third-order valence-electron chi connectivity index (χ3n) is 6.79. The summed E-state index contributed by atoms with van der Waals surface area (Å²) in [6, 6.07) is 1.69. The number of hydrogen-bond acceptors (Lipinski definition) is 4. The zero-order chi connectivity index (χ0) is 23.9. The lowest BCUT2D eigenvalue weighted by Gasteiger charge is -2.46. The fourth-order valence-electron chi connectivity index (χ4n) is 5.08. The van der Waals surface area contributed by atoms with Crippen molar-refractivity contribution in [1.82, 2.24) is 14.9 Å². The van der Waals surface area contributed by atoms with Crippen LogP contribution < -0.4 is 16.0 Å². The fraction of sp³-hybridized carbons (Fsp3) is 0.455. The van der Waals surface area contributed by atoms with Gasteiger partial charge in [0, 0.05) is 31.1 Å². The van der Waals surface area contributed by atoms with Gasteiger partial charge in [-0.15, -0.1) is 0 Å². The summed E-state index contributed by atoms with van der Waals surface area (Å²) in [5, 5.41) is 2.43. The van der Waals surface area contributed by atoms with Crippen LogP contribution in [0.4, 0.5) is 14.5 Å². The monoisotopic (exact) mass is 479 g/mol. The Bertz CT molecular complexity index is 1130. The number of nitrogens with zero attached hydrogens (tertiary/aromatic N) is 3. The lowest BCUT2D eigenvalue weighted by molar-refractivity contribution is -0.133. The maximum Gasteiger partial charge on any atom is 0.272 e. The summed E-state index contributed by atoms with van der Waals surface area (Å²) in [7, 11) is 1.44. The Balaban J connectivity index is 1.57. The van der Waals surface area contributed by atoms with Crippen LogP contribution in [0.1, 0.15) is 65.5 Å². The minimum absolute atomic E-state index is 0.0146. The summed E-state index contributed by atoms with van der Waals surface area (Å²) < 4.78 is 29.0. The van der Waals surface area contributed by atoms with E-state index in [1.165, 1.54) is 18.3 Å². The Labute approximate surface area is 194 Å². The van der Waals surface area contributed by atoms with E-state index < -0.39 is 28.9 Å². The van der Waals surface area contributed by atoms with Crippen LogP contribution in [0, 0.1) is 17.0 Å². The van der Waals surface area contributed by atoms with Crippen LogP contribution in [0.15, 0.2) is 18.5 Å². The molecule has 8 nitrogen and oxygen atoms in total. The van der Waals surface area contributed by atoms with E-state index in [4.69, 9.17) is 17.3 Å². The van der Waals surface area contributed by atoms with Gasteiger partial charge in [-0.1, -0.05) is 11.6 Å². The molecule has 2 aromatic rings. The fourth-order valence-corrected chi connectivity index (χ4v) is 5.34. The lowest BCUT2D eigenvalue weighted by Crippen LogP contribution is -2.50. The molecule has 1 saturated heterocycles. The second kappa shape index (κ2) is 8.74. The molecule has 4 rings (SSSR count). The molecule has 3 amide bonds. The van der Waals surface area contributed by atoms with Crippen molar-refractivity contribution in [3.63, 3.8) is 0 Å². The molecule has 1 aliphatic carbocycles. The number of halogens is 3. The van der Waals surface area contributed by atoms with Crippen molar-refractivity contribution in [2.24, 2.45) is 11.1 Å². The molecule has 2 fully saturated rings. The number of benzene rings is 1. The molecule has 1 aromatic carbocycles. The molecule has 176 valence electrons. The molecule has 1 spiro atoms. The topological polar surface area (TPSA) is 110 Å². The molecule has 11 heteroatoms. The number of carbonyl (C=O) groups is 3. The van der Waals surface area contributed by atoms with E-state index in [1.54, 1.807) is 4.57 Å². The van der Waals surface area contributed by atoms with E-state index in [0.717, 1.165) is 12.1 Å². The van der Waals surface area contributed by atoms with Gasteiger partial charge in [0.15, 0.2) is 17.3 Å². The largest absolute Gasteiger partial charge is 0.364 e. The maximum absolute atomic E-state index is 13.9. The van der Waals surface area contributed by atoms with Gasteiger partial charge >= 0.3 is 0 Å². The number of primary amides is 1. The first kappa shape index (κ1) is 23.2. The van der Waals surface area contributed by atoms with Crippen LogP contribution in [-0.4, -0.2) is 40.9 Å². The molecule has 1 saturated carbocycles. The van der Waals surface area contributed by atoms with Crippen molar-refractivity contribution in [3.05, 3.63) is 46.5 Å². The van der Waals surface area contributed by atoms with Crippen LogP contribution >= 0.6 is 11.6 Å². The first-order valence-corrected chi connectivity index (χ1v) is 11.1. The molecule has 0 atom stereocenters. The van der Waals surface area contributed by atoms with Crippen molar-refractivity contribution in [3.8, 4) is 0 Å². The Morgan fingerprint density at radius 3 is 2.52 bits per heavy atom. The average Bonchev–Trinajstić information content (AvgIpc) is 3.24. The molecule has 2 heterocycles. The predicted molar refractivity (Wildman–Crippen MR) is 117 cm³/mol. The normalized spacial score (nSPS) is 23.1. The third kappa shape index (κ3) is 3.96. The third-order valence-corrected chi connectivity index (χ3v) is 7.09.